The van der Waals surface area contributed by atoms with Crippen molar-refractivity contribution in [1.29, 1.82) is 0 Å². The number of nitrogens with zero attached hydrogens (tertiary/aromatic N) is 2. The van der Waals surface area contributed by atoms with Gasteiger partial charge in [-0.25, -0.2) is 4.98 Å². The number of hydrogen-bond acceptors (Lipinski definition) is 5. The monoisotopic (exact) mass is 346 g/mol. The summed E-state index contributed by atoms with van der Waals surface area (Å²) >= 11 is 1.68. The standard InChI is InChI=1S/C17H22N4O2S/c1-12-20-14(11-24-12)6-7-19-17(18-2)21-13-4-5-15-16(10-13)23-9-3-8-22-15/h4-5,10-11H,3,6-9H2,1-2H3,(H2,18,19,21). The number of rotatable bonds is 4. The summed E-state index contributed by atoms with van der Waals surface area (Å²) in [4.78, 5) is 8.72. The zero-order valence-corrected chi connectivity index (χ0v) is 14.8. The fourth-order valence-corrected chi connectivity index (χ4v) is 3.04. The first-order valence-electron chi connectivity index (χ1n) is 8.03. The van der Waals surface area contributed by atoms with Crippen LogP contribution in [-0.4, -0.2) is 37.7 Å². The number of aryl methyl sites for hydroxylation is 1. The maximum absolute atomic E-state index is 5.71. The maximum atomic E-state index is 5.71. The largest absolute Gasteiger partial charge is 0.490 e. The molecule has 6 nitrogen and oxygen atoms in total. The van der Waals surface area contributed by atoms with Crippen molar-refractivity contribution in [1.82, 2.24) is 10.3 Å². The van der Waals surface area contributed by atoms with Gasteiger partial charge in [0.2, 0.25) is 0 Å². The fraction of sp³-hybridized carbons (Fsp3) is 0.412. The summed E-state index contributed by atoms with van der Waals surface area (Å²) in [7, 11) is 1.76. The van der Waals surface area contributed by atoms with E-state index in [-0.39, 0.29) is 0 Å². The van der Waals surface area contributed by atoms with Gasteiger partial charge in [0, 0.05) is 43.6 Å². The van der Waals surface area contributed by atoms with E-state index in [1.165, 1.54) is 0 Å². The van der Waals surface area contributed by atoms with E-state index in [4.69, 9.17) is 9.47 Å². The van der Waals surface area contributed by atoms with Gasteiger partial charge in [-0.2, -0.15) is 0 Å². The number of guanidine groups is 1. The molecule has 2 aromatic rings. The molecular formula is C17H22N4O2S. The lowest BCUT2D eigenvalue weighted by Gasteiger charge is -2.13. The zero-order chi connectivity index (χ0) is 16.8. The number of aliphatic imine (C=N–C) groups is 1. The van der Waals surface area contributed by atoms with Crippen molar-refractivity contribution in [3.8, 4) is 11.5 Å². The molecule has 0 saturated heterocycles. The molecule has 7 heteroatoms. The molecule has 0 unspecified atom stereocenters. The molecule has 0 spiro atoms. The lowest BCUT2D eigenvalue weighted by atomic mass is 10.2. The van der Waals surface area contributed by atoms with E-state index in [2.05, 4.69) is 26.0 Å². The van der Waals surface area contributed by atoms with Gasteiger partial charge in [0.05, 0.1) is 23.9 Å². The molecule has 1 aliphatic heterocycles. The SMILES string of the molecule is CN=C(NCCc1csc(C)n1)Nc1ccc2c(c1)OCCCO2. The number of benzene rings is 1. The molecule has 2 N–H and O–H groups in total. The Bertz CT molecular complexity index is 714. The van der Waals surface area contributed by atoms with Crippen molar-refractivity contribution >= 4 is 23.0 Å². The Morgan fingerprint density at radius 3 is 2.88 bits per heavy atom. The van der Waals surface area contributed by atoms with Crippen LogP contribution in [0.1, 0.15) is 17.1 Å². The molecule has 1 aromatic heterocycles. The smallest absolute Gasteiger partial charge is 0.195 e. The summed E-state index contributed by atoms with van der Waals surface area (Å²) < 4.78 is 11.4. The second-order valence-corrected chi connectivity index (χ2v) is 6.51. The van der Waals surface area contributed by atoms with Gasteiger partial charge in [-0.3, -0.25) is 4.99 Å². The van der Waals surface area contributed by atoms with Gasteiger partial charge in [0.25, 0.3) is 0 Å². The number of thiazole rings is 1. The second kappa shape index (κ2) is 8.01. The fourth-order valence-electron chi connectivity index (χ4n) is 2.39. The molecule has 0 saturated carbocycles. The van der Waals surface area contributed by atoms with Crippen LogP contribution < -0.4 is 20.1 Å². The predicted molar refractivity (Wildman–Crippen MR) is 97.6 cm³/mol. The lowest BCUT2D eigenvalue weighted by Crippen LogP contribution is -2.32. The molecule has 0 bridgehead atoms. The molecule has 0 fully saturated rings. The number of fused-ring (bicyclic) bond motifs is 1. The molecule has 3 rings (SSSR count). The zero-order valence-electron chi connectivity index (χ0n) is 14.0. The van der Waals surface area contributed by atoms with Crippen LogP contribution in [0.3, 0.4) is 0 Å². The lowest BCUT2D eigenvalue weighted by molar-refractivity contribution is 0.297. The summed E-state index contributed by atoms with van der Waals surface area (Å²) in [5, 5.41) is 9.77. The number of aromatic nitrogens is 1. The van der Waals surface area contributed by atoms with Gasteiger partial charge < -0.3 is 20.1 Å². The highest BCUT2D eigenvalue weighted by molar-refractivity contribution is 7.09. The van der Waals surface area contributed by atoms with Gasteiger partial charge in [0.1, 0.15) is 0 Å². The van der Waals surface area contributed by atoms with Crippen LogP contribution >= 0.6 is 11.3 Å². The summed E-state index contributed by atoms with van der Waals surface area (Å²) in [5.41, 5.74) is 2.02. The molecule has 0 aliphatic carbocycles. The van der Waals surface area contributed by atoms with Crippen LogP contribution in [0, 0.1) is 6.92 Å². The molecule has 1 aliphatic rings. The number of hydrogen-bond donors (Lipinski definition) is 2. The molecular weight excluding hydrogens is 324 g/mol. The highest BCUT2D eigenvalue weighted by Crippen LogP contribution is 2.32. The van der Waals surface area contributed by atoms with E-state index >= 15 is 0 Å². The summed E-state index contributed by atoms with van der Waals surface area (Å²) in [6, 6.07) is 5.83. The Morgan fingerprint density at radius 1 is 1.29 bits per heavy atom. The summed E-state index contributed by atoms with van der Waals surface area (Å²) in [6.07, 6.45) is 1.77. The molecule has 1 aromatic carbocycles. The first-order valence-corrected chi connectivity index (χ1v) is 8.91. The molecule has 128 valence electrons. The molecule has 0 atom stereocenters. The third-order valence-electron chi connectivity index (χ3n) is 3.57. The Balaban J connectivity index is 1.56. The number of ether oxygens (including phenoxy) is 2. The van der Waals surface area contributed by atoms with Crippen LogP contribution in [0.15, 0.2) is 28.6 Å². The highest BCUT2D eigenvalue weighted by atomic mass is 32.1. The van der Waals surface area contributed by atoms with E-state index in [9.17, 15) is 0 Å². The van der Waals surface area contributed by atoms with Crippen LogP contribution in [0.2, 0.25) is 0 Å². The minimum Gasteiger partial charge on any atom is -0.490 e. The van der Waals surface area contributed by atoms with E-state index in [0.717, 1.165) is 53.2 Å². The van der Waals surface area contributed by atoms with Crippen molar-refractivity contribution in [3.63, 3.8) is 0 Å². The average molecular weight is 346 g/mol. The van der Waals surface area contributed by atoms with Gasteiger partial charge in [-0.05, 0) is 19.1 Å². The normalized spacial score (nSPS) is 14.2. The van der Waals surface area contributed by atoms with Crippen molar-refractivity contribution in [2.75, 3.05) is 32.1 Å². The molecule has 0 radical (unpaired) electrons. The summed E-state index contributed by atoms with van der Waals surface area (Å²) in [6.45, 7) is 4.16. The number of anilines is 1. The topological polar surface area (TPSA) is 67.8 Å². The minimum absolute atomic E-state index is 0.677. The Morgan fingerprint density at radius 2 is 2.12 bits per heavy atom. The molecule has 0 amide bonds. The Hall–Kier alpha value is -2.28. The minimum atomic E-state index is 0.677. The van der Waals surface area contributed by atoms with E-state index < -0.39 is 0 Å². The van der Waals surface area contributed by atoms with Crippen LogP contribution in [0.25, 0.3) is 0 Å². The van der Waals surface area contributed by atoms with Gasteiger partial charge >= 0.3 is 0 Å². The van der Waals surface area contributed by atoms with Crippen molar-refractivity contribution in [2.45, 2.75) is 19.8 Å². The third-order valence-corrected chi connectivity index (χ3v) is 4.40. The second-order valence-electron chi connectivity index (χ2n) is 5.44. The maximum Gasteiger partial charge on any atom is 0.195 e. The Labute approximate surface area is 145 Å². The third kappa shape index (κ3) is 4.38. The van der Waals surface area contributed by atoms with E-state index in [1.807, 2.05) is 25.1 Å². The Kier molecular flexibility index (Phi) is 5.53. The van der Waals surface area contributed by atoms with Crippen LogP contribution in [-0.2, 0) is 6.42 Å². The predicted octanol–water partition coefficient (Wildman–Crippen LogP) is 2.84. The van der Waals surface area contributed by atoms with E-state index in [1.54, 1.807) is 18.4 Å². The van der Waals surface area contributed by atoms with Crippen LogP contribution in [0.5, 0.6) is 11.5 Å². The van der Waals surface area contributed by atoms with Crippen molar-refractivity contribution in [2.24, 2.45) is 4.99 Å². The number of nitrogens with one attached hydrogen (secondary N) is 2. The van der Waals surface area contributed by atoms with Gasteiger partial charge in [0.15, 0.2) is 17.5 Å². The van der Waals surface area contributed by atoms with Gasteiger partial charge in [-0.1, -0.05) is 0 Å². The molecule has 24 heavy (non-hydrogen) atoms. The van der Waals surface area contributed by atoms with Crippen LogP contribution in [0.4, 0.5) is 5.69 Å². The quantitative estimate of drug-likeness (QED) is 0.658. The average Bonchev–Trinajstić information content (AvgIpc) is 2.86. The van der Waals surface area contributed by atoms with Gasteiger partial charge in [-0.15, -0.1) is 11.3 Å². The van der Waals surface area contributed by atoms with E-state index in [0.29, 0.717) is 13.2 Å². The highest BCUT2D eigenvalue weighted by Gasteiger charge is 2.11. The van der Waals surface area contributed by atoms with Crippen molar-refractivity contribution in [3.05, 3.63) is 34.3 Å². The first kappa shape index (κ1) is 16.6. The summed E-state index contributed by atoms with van der Waals surface area (Å²) in [5.74, 6) is 2.28. The molecule has 2 heterocycles. The first-order chi connectivity index (χ1) is 11.7. The van der Waals surface area contributed by atoms with Crippen molar-refractivity contribution < 1.29 is 9.47 Å².